The van der Waals surface area contributed by atoms with E-state index in [1.807, 2.05) is 43.3 Å². The van der Waals surface area contributed by atoms with Crippen LogP contribution in [0.2, 0.25) is 0 Å². The lowest BCUT2D eigenvalue weighted by molar-refractivity contribution is -0.119. The van der Waals surface area contributed by atoms with Crippen molar-refractivity contribution in [3.05, 3.63) is 46.2 Å². The molecule has 21 heavy (non-hydrogen) atoms. The van der Waals surface area contributed by atoms with E-state index in [-0.39, 0.29) is 12.5 Å². The van der Waals surface area contributed by atoms with Crippen LogP contribution in [-0.2, 0) is 4.79 Å². The molecule has 5 nitrogen and oxygen atoms in total. The Morgan fingerprint density at radius 2 is 2.14 bits per heavy atom. The van der Waals surface area contributed by atoms with Crippen LogP contribution in [0.1, 0.15) is 9.75 Å². The van der Waals surface area contributed by atoms with Crippen LogP contribution in [0.3, 0.4) is 0 Å². The Labute approximate surface area is 127 Å². The van der Waals surface area contributed by atoms with Crippen LogP contribution in [0.5, 0.6) is 5.75 Å². The molecule has 6 heteroatoms. The largest absolute Gasteiger partial charge is 0.495 e. The van der Waals surface area contributed by atoms with Gasteiger partial charge in [0.15, 0.2) is 0 Å². The lowest BCUT2D eigenvalue weighted by Gasteiger charge is -2.09. The summed E-state index contributed by atoms with van der Waals surface area (Å²) >= 11 is 1.62. The average Bonchev–Trinajstić information content (AvgIpc) is 2.91. The summed E-state index contributed by atoms with van der Waals surface area (Å²) in [4.78, 5) is 13.9. The van der Waals surface area contributed by atoms with Crippen LogP contribution < -0.4 is 15.5 Å². The second-order valence-electron chi connectivity index (χ2n) is 4.30. The molecule has 0 atom stereocenters. The molecule has 0 saturated heterocycles. The quantitative estimate of drug-likeness (QED) is 0.637. The van der Waals surface area contributed by atoms with Crippen LogP contribution in [0, 0.1) is 6.92 Å². The van der Waals surface area contributed by atoms with Gasteiger partial charge in [0, 0.05) is 9.75 Å². The highest BCUT2D eigenvalue weighted by Gasteiger charge is 2.03. The van der Waals surface area contributed by atoms with Gasteiger partial charge in [-0.15, -0.1) is 11.3 Å². The molecule has 110 valence electrons. The molecule has 0 saturated carbocycles. The van der Waals surface area contributed by atoms with Gasteiger partial charge in [-0.3, -0.25) is 4.79 Å². The van der Waals surface area contributed by atoms with Crippen molar-refractivity contribution < 1.29 is 9.53 Å². The van der Waals surface area contributed by atoms with Gasteiger partial charge in [0.05, 0.1) is 25.6 Å². The molecular formula is C15H17N3O2S. The van der Waals surface area contributed by atoms with E-state index in [4.69, 9.17) is 4.74 Å². The van der Waals surface area contributed by atoms with Crippen molar-refractivity contribution >= 4 is 29.1 Å². The molecule has 0 aliphatic carbocycles. The number of rotatable bonds is 6. The lowest BCUT2D eigenvalue weighted by Crippen LogP contribution is -2.25. The minimum atomic E-state index is -0.217. The fourth-order valence-corrected chi connectivity index (χ4v) is 2.45. The summed E-state index contributed by atoms with van der Waals surface area (Å²) in [5.41, 5.74) is 3.25. The fraction of sp³-hybridized carbons (Fsp3) is 0.200. The number of aryl methyl sites for hydroxylation is 1. The molecule has 1 aromatic heterocycles. The highest BCUT2D eigenvalue weighted by atomic mass is 32.1. The zero-order valence-electron chi connectivity index (χ0n) is 11.9. The third kappa shape index (κ3) is 4.61. The van der Waals surface area contributed by atoms with Gasteiger partial charge in [-0.1, -0.05) is 12.1 Å². The van der Waals surface area contributed by atoms with Gasteiger partial charge < -0.3 is 10.1 Å². The van der Waals surface area contributed by atoms with E-state index in [9.17, 15) is 4.79 Å². The third-order valence-corrected chi connectivity index (χ3v) is 3.62. The Hall–Kier alpha value is -2.34. The maximum atomic E-state index is 11.7. The number of thiophene rings is 1. The van der Waals surface area contributed by atoms with Gasteiger partial charge in [-0.05, 0) is 31.2 Å². The highest BCUT2D eigenvalue weighted by molar-refractivity contribution is 7.13. The average molecular weight is 303 g/mol. The Bertz CT molecular complexity index is 637. The molecule has 0 bridgehead atoms. The molecule has 1 amide bonds. The van der Waals surface area contributed by atoms with Gasteiger partial charge in [0.1, 0.15) is 5.75 Å². The van der Waals surface area contributed by atoms with Crippen molar-refractivity contribution in [1.29, 1.82) is 0 Å². The number of anilines is 1. The first kappa shape index (κ1) is 15.1. The summed E-state index contributed by atoms with van der Waals surface area (Å²) < 4.78 is 5.20. The topological polar surface area (TPSA) is 62.7 Å². The van der Waals surface area contributed by atoms with Crippen LogP contribution in [0.25, 0.3) is 0 Å². The molecule has 0 spiro atoms. The van der Waals surface area contributed by atoms with Crippen LogP contribution in [0.15, 0.2) is 41.5 Å². The second-order valence-corrected chi connectivity index (χ2v) is 5.61. The standard InChI is InChI=1S/C15H17N3O2S/c1-11-7-8-12(21-11)9-17-18-15(19)10-16-13-5-3-4-6-14(13)20-2/h3-9,16H,10H2,1-2H3,(H,18,19)/b17-9+. The van der Waals surface area contributed by atoms with E-state index < -0.39 is 0 Å². The highest BCUT2D eigenvalue weighted by Crippen LogP contribution is 2.22. The van der Waals surface area contributed by atoms with E-state index in [0.29, 0.717) is 5.75 Å². The van der Waals surface area contributed by atoms with Crippen molar-refractivity contribution in [2.24, 2.45) is 5.10 Å². The molecule has 2 rings (SSSR count). The molecular weight excluding hydrogens is 286 g/mol. The molecule has 1 heterocycles. The number of hydrogen-bond donors (Lipinski definition) is 2. The monoisotopic (exact) mass is 303 g/mol. The Morgan fingerprint density at radius 1 is 1.33 bits per heavy atom. The molecule has 0 fully saturated rings. The van der Waals surface area contributed by atoms with Gasteiger partial charge in [-0.2, -0.15) is 5.10 Å². The Balaban J connectivity index is 1.81. The van der Waals surface area contributed by atoms with Gasteiger partial charge in [-0.25, -0.2) is 5.43 Å². The van der Waals surface area contributed by atoms with Gasteiger partial charge in [0.2, 0.25) is 0 Å². The molecule has 1 aromatic carbocycles. The summed E-state index contributed by atoms with van der Waals surface area (Å²) in [6, 6.07) is 11.4. The molecule has 0 aliphatic heterocycles. The van der Waals surface area contributed by atoms with Crippen LogP contribution >= 0.6 is 11.3 Å². The smallest absolute Gasteiger partial charge is 0.259 e. The maximum Gasteiger partial charge on any atom is 0.259 e. The lowest BCUT2D eigenvalue weighted by atomic mass is 10.3. The number of hydrogen-bond acceptors (Lipinski definition) is 5. The number of nitrogens with zero attached hydrogens (tertiary/aromatic N) is 1. The van der Waals surface area contributed by atoms with Gasteiger partial charge >= 0.3 is 0 Å². The summed E-state index contributed by atoms with van der Waals surface area (Å²) in [5.74, 6) is 0.480. The van der Waals surface area contributed by atoms with Crippen LogP contribution in [0.4, 0.5) is 5.69 Å². The van der Waals surface area contributed by atoms with Crippen molar-refractivity contribution in [3.8, 4) is 5.75 Å². The number of hydrazone groups is 1. The number of amides is 1. The van der Waals surface area contributed by atoms with Gasteiger partial charge in [0.25, 0.3) is 5.91 Å². The first-order valence-corrected chi connectivity index (χ1v) is 7.26. The number of benzene rings is 1. The molecule has 2 aromatic rings. The van der Waals surface area contributed by atoms with E-state index in [1.165, 1.54) is 4.88 Å². The van der Waals surface area contributed by atoms with Crippen molar-refractivity contribution in [3.63, 3.8) is 0 Å². The molecule has 0 radical (unpaired) electrons. The summed E-state index contributed by atoms with van der Waals surface area (Å²) in [5, 5.41) is 6.93. The third-order valence-electron chi connectivity index (χ3n) is 2.69. The predicted molar refractivity (Wildman–Crippen MR) is 86.3 cm³/mol. The number of methoxy groups -OCH3 is 1. The zero-order valence-corrected chi connectivity index (χ0v) is 12.7. The predicted octanol–water partition coefficient (Wildman–Crippen LogP) is 2.63. The van der Waals surface area contributed by atoms with E-state index >= 15 is 0 Å². The fourth-order valence-electron chi connectivity index (χ4n) is 1.70. The van der Waals surface area contributed by atoms with E-state index in [1.54, 1.807) is 24.7 Å². The Morgan fingerprint density at radius 3 is 2.86 bits per heavy atom. The van der Waals surface area contributed by atoms with Crippen molar-refractivity contribution in [2.45, 2.75) is 6.92 Å². The summed E-state index contributed by atoms with van der Waals surface area (Å²) in [7, 11) is 1.59. The first-order chi connectivity index (χ1) is 10.2. The number of carbonyl (C=O) groups excluding carboxylic acids is 1. The molecule has 0 unspecified atom stereocenters. The SMILES string of the molecule is COc1ccccc1NCC(=O)N/N=C/c1ccc(C)s1. The number of carbonyl (C=O) groups is 1. The first-order valence-electron chi connectivity index (χ1n) is 6.44. The minimum absolute atomic E-state index is 0.126. The van der Waals surface area contributed by atoms with E-state index in [2.05, 4.69) is 15.8 Å². The Kier molecular flexibility index (Phi) is 5.34. The normalized spacial score (nSPS) is 10.6. The molecule has 0 aliphatic rings. The number of nitrogens with one attached hydrogen (secondary N) is 2. The summed E-state index contributed by atoms with van der Waals surface area (Å²) in [6.07, 6.45) is 1.64. The van der Waals surface area contributed by atoms with Crippen molar-refractivity contribution in [2.75, 3.05) is 19.0 Å². The van der Waals surface area contributed by atoms with Crippen LogP contribution in [-0.4, -0.2) is 25.8 Å². The minimum Gasteiger partial charge on any atom is -0.495 e. The maximum absolute atomic E-state index is 11.7. The van der Waals surface area contributed by atoms with Crippen molar-refractivity contribution in [1.82, 2.24) is 5.43 Å². The zero-order chi connectivity index (χ0) is 15.1. The second kappa shape index (κ2) is 7.44. The number of para-hydroxylation sites is 2. The number of ether oxygens (including phenoxy) is 1. The van der Waals surface area contributed by atoms with E-state index in [0.717, 1.165) is 10.6 Å². The summed E-state index contributed by atoms with van der Waals surface area (Å²) in [6.45, 7) is 2.15. The molecule has 2 N–H and O–H groups in total.